The van der Waals surface area contributed by atoms with E-state index in [1.807, 2.05) is 0 Å². The van der Waals surface area contributed by atoms with Gasteiger partial charge in [-0.15, -0.1) is 0 Å². The van der Waals surface area contributed by atoms with Gasteiger partial charge < -0.3 is 19.7 Å². The highest BCUT2D eigenvalue weighted by Gasteiger charge is 2.28. The molecule has 2 aromatic rings. The average molecular weight is 575 g/mol. The van der Waals surface area contributed by atoms with Gasteiger partial charge in [0.15, 0.2) is 0 Å². The molecule has 1 heterocycles. The maximum Gasteiger partial charge on any atom is 0.332 e. The van der Waals surface area contributed by atoms with Crippen molar-refractivity contribution in [3.8, 4) is 0 Å². The number of hydrogen-bond acceptors (Lipinski definition) is 8. The molecule has 0 atom stereocenters. The Balaban J connectivity index is 1.74. The number of aromatic nitrogens is 2. The Morgan fingerprint density at radius 2 is 1.51 bits per heavy atom. The van der Waals surface area contributed by atoms with Crippen molar-refractivity contribution >= 4 is 34.4 Å². The van der Waals surface area contributed by atoms with Crippen LogP contribution in [0.4, 0.5) is 10.1 Å². The minimum Gasteiger partial charge on any atom is -0.465 e. The van der Waals surface area contributed by atoms with Crippen LogP contribution in [0.5, 0.6) is 0 Å². The highest BCUT2D eigenvalue weighted by Crippen LogP contribution is 2.32. The smallest absolute Gasteiger partial charge is 0.332 e. The summed E-state index contributed by atoms with van der Waals surface area (Å²) in [5.41, 5.74) is -0.933. The zero-order valence-electron chi connectivity index (χ0n) is 23.8. The number of hydrogen-bond donors (Lipinski definition) is 1. The Labute approximate surface area is 237 Å². The molecule has 224 valence electrons. The lowest BCUT2D eigenvalue weighted by atomic mass is 9.95. The molecule has 0 unspecified atom stereocenters. The molecule has 2 aliphatic carbocycles. The Bertz CT molecular complexity index is 1370. The lowest BCUT2D eigenvalue weighted by Crippen LogP contribution is -2.48. The normalized spacial score (nSPS) is 16.1. The van der Waals surface area contributed by atoms with Crippen molar-refractivity contribution in [1.82, 2.24) is 14.0 Å². The summed E-state index contributed by atoms with van der Waals surface area (Å²) in [4.78, 5) is 65.9. The molecule has 0 spiro atoms. The molecular formula is C29H39FN4O7. The maximum absolute atomic E-state index is 15.3. The largest absolute Gasteiger partial charge is 0.465 e. The summed E-state index contributed by atoms with van der Waals surface area (Å²) in [6.45, 7) is 1.49. The van der Waals surface area contributed by atoms with Crippen molar-refractivity contribution < 1.29 is 28.2 Å². The van der Waals surface area contributed by atoms with E-state index in [1.165, 1.54) is 4.57 Å². The fraction of sp³-hybridized carbons (Fsp3) is 0.621. The number of benzene rings is 1. The minimum absolute atomic E-state index is 0.0154. The average Bonchev–Trinajstić information content (AvgIpc) is 3.47. The second-order valence-corrected chi connectivity index (χ2v) is 10.7. The standard InChI is InChI=1S/C29H39FN4O7/c1-3-40-26(36)17-32(18-27(37)41-4-2)25(35)16-33-28(38)21-14-22(30)23(31-19-10-6-5-7-11-19)15-24(21)34(29(33)39)20-12-8-9-13-20/h14-15,19-20,31H,3-13,16-18H2,1-2H3. The Morgan fingerprint density at radius 3 is 2.10 bits per heavy atom. The fourth-order valence-corrected chi connectivity index (χ4v) is 5.82. The fourth-order valence-electron chi connectivity index (χ4n) is 5.82. The molecule has 0 radical (unpaired) electrons. The molecule has 1 aromatic carbocycles. The van der Waals surface area contributed by atoms with Crippen LogP contribution in [0.15, 0.2) is 21.7 Å². The molecule has 2 saturated carbocycles. The van der Waals surface area contributed by atoms with Crippen LogP contribution in [0.25, 0.3) is 10.9 Å². The highest BCUT2D eigenvalue weighted by atomic mass is 19.1. The van der Waals surface area contributed by atoms with Crippen LogP contribution in [0, 0.1) is 5.82 Å². The molecule has 0 aliphatic heterocycles. The zero-order valence-corrected chi connectivity index (χ0v) is 23.8. The van der Waals surface area contributed by atoms with Crippen LogP contribution in [0.3, 0.4) is 0 Å². The number of anilines is 1. The van der Waals surface area contributed by atoms with Gasteiger partial charge in [-0.25, -0.2) is 9.18 Å². The van der Waals surface area contributed by atoms with Gasteiger partial charge in [-0.1, -0.05) is 32.1 Å². The third-order valence-electron chi connectivity index (χ3n) is 7.81. The summed E-state index contributed by atoms with van der Waals surface area (Å²) in [7, 11) is 0. The molecule has 41 heavy (non-hydrogen) atoms. The first-order valence-corrected chi connectivity index (χ1v) is 14.6. The number of carbonyl (C=O) groups is 3. The number of ether oxygens (including phenoxy) is 2. The van der Waals surface area contributed by atoms with Gasteiger partial charge in [0.1, 0.15) is 25.5 Å². The molecule has 2 aliphatic rings. The van der Waals surface area contributed by atoms with Gasteiger partial charge in [0.25, 0.3) is 5.56 Å². The zero-order chi connectivity index (χ0) is 29.5. The van der Waals surface area contributed by atoms with Gasteiger partial charge >= 0.3 is 17.6 Å². The Kier molecular flexibility index (Phi) is 10.2. The number of carbonyl (C=O) groups excluding carboxylic acids is 3. The Hall–Kier alpha value is -3.70. The third kappa shape index (κ3) is 7.15. The SMILES string of the molecule is CCOC(=O)CN(CC(=O)OCC)C(=O)Cn1c(=O)c2cc(F)c(NC3CCCCC3)cc2n(C2CCCC2)c1=O. The number of nitrogens with one attached hydrogen (secondary N) is 1. The molecule has 4 rings (SSSR count). The van der Waals surface area contributed by atoms with E-state index < -0.39 is 54.5 Å². The molecule has 12 heteroatoms. The quantitative estimate of drug-likeness (QED) is 0.406. The maximum atomic E-state index is 15.3. The van der Waals surface area contributed by atoms with Crippen molar-refractivity contribution in [2.24, 2.45) is 0 Å². The number of amides is 1. The lowest BCUT2D eigenvalue weighted by Gasteiger charge is -2.25. The van der Waals surface area contributed by atoms with Gasteiger partial charge in [0.2, 0.25) is 5.91 Å². The molecule has 2 fully saturated rings. The van der Waals surface area contributed by atoms with Crippen LogP contribution in [-0.2, 0) is 30.4 Å². The predicted octanol–water partition coefficient (Wildman–Crippen LogP) is 3.12. The highest BCUT2D eigenvalue weighted by molar-refractivity contribution is 5.87. The van der Waals surface area contributed by atoms with Crippen molar-refractivity contribution in [2.75, 3.05) is 31.6 Å². The first-order chi connectivity index (χ1) is 19.7. The lowest BCUT2D eigenvalue weighted by molar-refractivity contribution is -0.154. The summed E-state index contributed by atoms with van der Waals surface area (Å²) >= 11 is 0. The molecule has 1 amide bonds. The summed E-state index contributed by atoms with van der Waals surface area (Å²) in [5.74, 6) is -2.93. The van der Waals surface area contributed by atoms with Crippen molar-refractivity contribution in [1.29, 1.82) is 0 Å². The number of esters is 2. The van der Waals surface area contributed by atoms with E-state index in [0.717, 1.165) is 60.5 Å². The summed E-state index contributed by atoms with van der Waals surface area (Å²) in [6.07, 6.45) is 8.33. The molecule has 11 nitrogen and oxygen atoms in total. The minimum atomic E-state index is -0.821. The first-order valence-electron chi connectivity index (χ1n) is 14.6. The molecule has 0 saturated heterocycles. The second kappa shape index (κ2) is 13.8. The van der Waals surface area contributed by atoms with E-state index in [-0.39, 0.29) is 36.4 Å². The molecule has 1 N–H and O–H groups in total. The summed E-state index contributed by atoms with van der Waals surface area (Å²) in [6, 6.07) is 2.57. The van der Waals surface area contributed by atoms with Gasteiger partial charge in [-0.3, -0.25) is 28.3 Å². The van der Waals surface area contributed by atoms with Crippen LogP contribution < -0.4 is 16.6 Å². The van der Waals surface area contributed by atoms with E-state index in [1.54, 1.807) is 19.9 Å². The third-order valence-corrected chi connectivity index (χ3v) is 7.81. The van der Waals surface area contributed by atoms with Gasteiger partial charge in [0, 0.05) is 12.1 Å². The van der Waals surface area contributed by atoms with Crippen molar-refractivity contribution in [3.63, 3.8) is 0 Å². The number of fused-ring (bicyclic) bond motifs is 1. The van der Waals surface area contributed by atoms with Gasteiger partial charge in [-0.2, -0.15) is 0 Å². The van der Waals surface area contributed by atoms with Crippen molar-refractivity contribution in [2.45, 2.75) is 90.3 Å². The van der Waals surface area contributed by atoms with Crippen LogP contribution in [0.1, 0.15) is 77.7 Å². The summed E-state index contributed by atoms with van der Waals surface area (Å²) < 4.78 is 27.4. The topological polar surface area (TPSA) is 129 Å². The predicted molar refractivity (Wildman–Crippen MR) is 150 cm³/mol. The number of nitrogens with zero attached hydrogens (tertiary/aromatic N) is 3. The van der Waals surface area contributed by atoms with Crippen LogP contribution in [-0.4, -0.2) is 64.2 Å². The molecular weight excluding hydrogens is 535 g/mol. The van der Waals surface area contributed by atoms with E-state index in [0.29, 0.717) is 18.4 Å². The van der Waals surface area contributed by atoms with E-state index in [2.05, 4.69) is 5.32 Å². The van der Waals surface area contributed by atoms with Crippen LogP contribution >= 0.6 is 0 Å². The van der Waals surface area contributed by atoms with Gasteiger partial charge in [-0.05, 0) is 51.7 Å². The number of rotatable bonds is 11. The molecule has 0 bridgehead atoms. The second-order valence-electron chi connectivity index (χ2n) is 10.7. The molecule has 1 aromatic heterocycles. The monoisotopic (exact) mass is 574 g/mol. The van der Waals surface area contributed by atoms with Crippen LogP contribution in [0.2, 0.25) is 0 Å². The summed E-state index contributed by atoms with van der Waals surface area (Å²) in [5, 5.41) is 3.25. The van der Waals surface area contributed by atoms with Crippen molar-refractivity contribution in [3.05, 3.63) is 38.8 Å². The van der Waals surface area contributed by atoms with Gasteiger partial charge in [0.05, 0.1) is 29.8 Å². The number of halogens is 1. The van der Waals surface area contributed by atoms with E-state index in [9.17, 15) is 24.0 Å². The van der Waals surface area contributed by atoms with E-state index in [4.69, 9.17) is 9.47 Å². The Morgan fingerprint density at radius 1 is 0.927 bits per heavy atom. The van der Waals surface area contributed by atoms with E-state index >= 15 is 4.39 Å². The first kappa shape index (κ1) is 30.3.